The van der Waals surface area contributed by atoms with Crippen molar-refractivity contribution in [2.24, 2.45) is 0 Å². The number of pyridine rings is 1. The van der Waals surface area contributed by atoms with Gasteiger partial charge in [-0.3, -0.25) is 9.89 Å². The molecule has 0 radical (unpaired) electrons. The molecule has 10 heteroatoms. The van der Waals surface area contributed by atoms with Crippen LogP contribution in [-0.4, -0.2) is 67.0 Å². The Bertz CT molecular complexity index is 1420. The second-order valence-electron chi connectivity index (χ2n) is 7.68. The van der Waals surface area contributed by atoms with Crippen molar-refractivity contribution in [2.75, 3.05) is 37.9 Å². The minimum Gasteiger partial charge on any atom is -0.378 e. The second kappa shape index (κ2) is 7.88. The molecule has 0 bridgehead atoms. The van der Waals surface area contributed by atoms with Gasteiger partial charge in [0, 0.05) is 41.4 Å². The van der Waals surface area contributed by atoms with E-state index >= 15 is 0 Å². The molecular formula is C22H21N5O4S. The predicted molar refractivity (Wildman–Crippen MR) is 121 cm³/mol. The van der Waals surface area contributed by atoms with E-state index in [1.54, 1.807) is 41.4 Å². The third-order valence-electron chi connectivity index (χ3n) is 5.49. The van der Waals surface area contributed by atoms with Gasteiger partial charge in [-0.25, -0.2) is 13.4 Å². The molecule has 5 rings (SSSR count). The highest BCUT2D eigenvalue weighted by atomic mass is 32.2. The van der Waals surface area contributed by atoms with Gasteiger partial charge < -0.3 is 15.0 Å². The van der Waals surface area contributed by atoms with Crippen LogP contribution < -0.4 is 5.32 Å². The van der Waals surface area contributed by atoms with Crippen molar-refractivity contribution in [2.45, 2.75) is 4.90 Å². The van der Waals surface area contributed by atoms with Crippen LogP contribution >= 0.6 is 0 Å². The summed E-state index contributed by atoms with van der Waals surface area (Å²) in [5, 5.41) is 11.8. The lowest BCUT2D eigenvalue weighted by Gasteiger charge is -2.26. The summed E-state index contributed by atoms with van der Waals surface area (Å²) in [4.78, 5) is 19.3. The molecule has 0 atom stereocenters. The third kappa shape index (κ3) is 3.78. The predicted octanol–water partition coefficient (Wildman–Crippen LogP) is 2.73. The van der Waals surface area contributed by atoms with Crippen molar-refractivity contribution in [3.63, 3.8) is 0 Å². The average Bonchev–Trinajstić information content (AvgIpc) is 3.30. The molecule has 0 saturated carbocycles. The molecule has 2 aromatic heterocycles. The normalized spacial score (nSPS) is 14.7. The number of carbonyl (C=O) groups is 1. The fourth-order valence-corrected chi connectivity index (χ4v) is 4.43. The smallest absolute Gasteiger partial charge is 0.254 e. The van der Waals surface area contributed by atoms with Crippen molar-refractivity contribution >= 4 is 49.1 Å². The van der Waals surface area contributed by atoms with E-state index in [2.05, 4.69) is 20.5 Å². The monoisotopic (exact) mass is 451 g/mol. The number of aromatic nitrogens is 3. The maximum Gasteiger partial charge on any atom is 0.254 e. The number of rotatable bonds is 4. The maximum atomic E-state index is 12.6. The van der Waals surface area contributed by atoms with E-state index in [1.807, 2.05) is 12.1 Å². The van der Waals surface area contributed by atoms with Crippen LogP contribution in [0, 0.1) is 0 Å². The van der Waals surface area contributed by atoms with Gasteiger partial charge in [-0.05, 0) is 42.5 Å². The van der Waals surface area contributed by atoms with Crippen molar-refractivity contribution in [3.05, 3.63) is 54.2 Å². The Morgan fingerprint density at radius 2 is 1.84 bits per heavy atom. The molecule has 0 spiro atoms. The summed E-state index contributed by atoms with van der Waals surface area (Å²) in [6, 6.07) is 12.1. The summed E-state index contributed by atoms with van der Waals surface area (Å²) in [6.07, 6.45) is 2.83. The number of fused-ring (bicyclic) bond motifs is 3. The molecule has 0 unspecified atom stereocenters. The standard InChI is InChI=1S/C22H21N5O4S/c1-32(29,30)16-6-7-19-17(12-16)18-13-23-26-20(18)21(25-19)24-15-4-2-14(3-5-15)22(28)27-8-10-31-11-9-27/h2-7,12-13H,8-11H2,1H3,(H,23,26)(H,24,25). The Balaban J connectivity index is 1.46. The van der Waals surface area contributed by atoms with Crippen LogP contribution in [0.3, 0.4) is 0 Å². The van der Waals surface area contributed by atoms with Gasteiger partial charge in [-0.1, -0.05) is 0 Å². The molecule has 2 aromatic carbocycles. The highest BCUT2D eigenvalue weighted by molar-refractivity contribution is 7.90. The number of benzene rings is 2. The lowest BCUT2D eigenvalue weighted by atomic mass is 10.1. The Morgan fingerprint density at radius 3 is 2.56 bits per heavy atom. The topological polar surface area (TPSA) is 117 Å². The van der Waals surface area contributed by atoms with Crippen LogP contribution in [0.25, 0.3) is 21.8 Å². The average molecular weight is 452 g/mol. The van der Waals surface area contributed by atoms with Gasteiger partial charge in [0.25, 0.3) is 5.91 Å². The molecule has 1 saturated heterocycles. The highest BCUT2D eigenvalue weighted by Crippen LogP contribution is 2.31. The molecule has 1 fully saturated rings. The molecule has 3 heterocycles. The SMILES string of the molecule is CS(=O)(=O)c1ccc2nc(Nc3ccc(C(=O)N4CCOCC4)cc3)c3[nH]ncc3c2c1. The number of hydrogen-bond acceptors (Lipinski definition) is 7. The van der Waals surface area contributed by atoms with Crippen LogP contribution in [-0.2, 0) is 14.6 Å². The molecule has 32 heavy (non-hydrogen) atoms. The van der Waals surface area contributed by atoms with Crippen molar-refractivity contribution < 1.29 is 17.9 Å². The first-order chi connectivity index (χ1) is 15.4. The van der Waals surface area contributed by atoms with Crippen molar-refractivity contribution in [1.29, 1.82) is 0 Å². The van der Waals surface area contributed by atoms with Crippen LogP contribution in [0.4, 0.5) is 11.5 Å². The number of ether oxygens (including phenoxy) is 1. The number of carbonyl (C=O) groups excluding carboxylic acids is 1. The molecule has 1 amide bonds. The van der Waals surface area contributed by atoms with E-state index in [0.29, 0.717) is 54.1 Å². The fourth-order valence-electron chi connectivity index (χ4n) is 3.78. The first-order valence-electron chi connectivity index (χ1n) is 10.1. The van der Waals surface area contributed by atoms with Gasteiger partial charge in [-0.15, -0.1) is 0 Å². The van der Waals surface area contributed by atoms with E-state index in [4.69, 9.17) is 4.74 Å². The first-order valence-corrected chi connectivity index (χ1v) is 12.0. The molecule has 4 aromatic rings. The van der Waals surface area contributed by atoms with Gasteiger partial charge in [0.2, 0.25) is 0 Å². The zero-order valence-corrected chi connectivity index (χ0v) is 18.1. The number of amides is 1. The second-order valence-corrected chi connectivity index (χ2v) is 9.69. The van der Waals surface area contributed by atoms with E-state index in [1.165, 1.54) is 6.26 Å². The molecule has 1 aliphatic heterocycles. The van der Waals surface area contributed by atoms with Crippen molar-refractivity contribution in [3.8, 4) is 0 Å². The summed E-state index contributed by atoms with van der Waals surface area (Å²) < 4.78 is 29.2. The molecule has 164 valence electrons. The van der Waals surface area contributed by atoms with Crippen LogP contribution in [0.5, 0.6) is 0 Å². The summed E-state index contributed by atoms with van der Waals surface area (Å²) in [5.41, 5.74) is 2.69. The van der Waals surface area contributed by atoms with Crippen LogP contribution in [0.15, 0.2) is 53.6 Å². The Morgan fingerprint density at radius 1 is 1.09 bits per heavy atom. The van der Waals surface area contributed by atoms with E-state index in [9.17, 15) is 13.2 Å². The summed E-state index contributed by atoms with van der Waals surface area (Å²) in [7, 11) is -3.34. The van der Waals surface area contributed by atoms with Crippen molar-refractivity contribution in [1.82, 2.24) is 20.1 Å². The van der Waals surface area contributed by atoms with Gasteiger partial charge in [0.15, 0.2) is 15.7 Å². The Hall–Kier alpha value is -3.50. The number of nitrogens with one attached hydrogen (secondary N) is 2. The number of hydrogen-bond donors (Lipinski definition) is 2. The molecule has 0 aliphatic carbocycles. The molecule has 9 nitrogen and oxygen atoms in total. The minimum atomic E-state index is -3.34. The first kappa shape index (κ1) is 20.4. The van der Waals surface area contributed by atoms with Gasteiger partial charge in [0.05, 0.1) is 29.8 Å². The van der Waals surface area contributed by atoms with Gasteiger partial charge >= 0.3 is 0 Å². The zero-order valence-electron chi connectivity index (χ0n) is 17.3. The Labute approximate surface area is 184 Å². The minimum absolute atomic E-state index is 0.0127. The third-order valence-corrected chi connectivity index (χ3v) is 6.60. The van der Waals surface area contributed by atoms with Crippen LogP contribution in [0.1, 0.15) is 10.4 Å². The summed E-state index contributed by atoms with van der Waals surface area (Å²) >= 11 is 0. The highest BCUT2D eigenvalue weighted by Gasteiger charge is 2.19. The number of anilines is 2. The number of sulfone groups is 1. The van der Waals surface area contributed by atoms with E-state index in [0.717, 1.165) is 11.1 Å². The zero-order chi connectivity index (χ0) is 22.3. The van der Waals surface area contributed by atoms with Crippen LogP contribution in [0.2, 0.25) is 0 Å². The molecular weight excluding hydrogens is 430 g/mol. The summed E-state index contributed by atoms with van der Waals surface area (Å²) in [6.45, 7) is 2.31. The van der Waals surface area contributed by atoms with E-state index < -0.39 is 9.84 Å². The number of nitrogens with zero attached hydrogens (tertiary/aromatic N) is 3. The number of aromatic amines is 1. The fraction of sp³-hybridized carbons (Fsp3) is 0.227. The lowest BCUT2D eigenvalue weighted by molar-refractivity contribution is 0.0303. The largest absolute Gasteiger partial charge is 0.378 e. The number of H-pyrrole nitrogens is 1. The van der Waals surface area contributed by atoms with Gasteiger partial charge in [0.1, 0.15) is 5.52 Å². The summed E-state index contributed by atoms with van der Waals surface area (Å²) in [5.74, 6) is 0.547. The number of morpholine rings is 1. The van der Waals surface area contributed by atoms with E-state index in [-0.39, 0.29) is 10.8 Å². The quantitative estimate of drug-likeness (QED) is 0.490. The maximum absolute atomic E-state index is 12.6. The molecule has 1 aliphatic rings. The van der Waals surface area contributed by atoms with Gasteiger partial charge in [-0.2, -0.15) is 5.10 Å². The lowest BCUT2D eigenvalue weighted by Crippen LogP contribution is -2.40. The molecule has 2 N–H and O–H groups in total. The Kier molecular flexibility index (Phi) is 5.03.